The van der Waals surface area contributed by atoms with Crippen LogP contribution < -0.4 is 0 Å². The lowest BCUT2D eigenvalue weighted by Gasteiger charge is -1.89. The summed E-state index contributed by atoms with van der Waals surface area (Å²) in [6.07, 6.45) is 1.53. The van der Waals surface area contributed by atoms with Gasteiger partial charge in [-0.2, -0.15) is 0 Å². The fourth-order valence-corrected chi connectivity index (χ4v) is 0.183. The van der Waals surface area contributed by atoms with Gasteiger partial charge in [0.1, 0.15) is 0 Å². The van der Waals surface area contributed by atoms with Crippen LogP contribution in [0, 0.1) is 0 Å². The van der Waals surface area contributed by atoms with Gasteiger partial charge in [-0.1, -0.05) is 0 Å². The van der Waals surface area contributed by atoms with E-state index < -0.39 is 0 Å². The summed E-state index contributed by atoms with van der Waals surface area (Å²) >= 11 is 0. The molecule has 0 spiro atoms. The van der Waals surface area contributed by atoms with Gasteiger partial charge in [0.15, 0.2) is 6.61 Å². The first-order valence-electron chi connectivity index (χ1n) is 1.54. The summed E-state index contributed by atoms with van der Waals surface area (Å²) in [5.74, 6) is 0. The molecule has 1 heterocycles. The van der Waals surface area contributed by atoms with Gasteiger partial charge in [-0.15, -0.1) is 5.10 Å². The molecule has 0 aliphatic carbocycles. The molecule has 0 bridgehead atoms. The molecule has 0 aromatic rings. The molecular formula is C2H3N3O. The van der Waals surface area contributed by atoms with Crippen LogP contribution in [0.1, 0.15) is 0 Å². The molecule has 0 fully saturated rings. The van der Waals surface area contributed by atoms with Crippen molar-refractivity contribution >= 4 is 6.21 Å². The monoisotopic (exact) mass is 85.0 g/mol. The van der Waals surface area contributed by atoms with E-state index in [1.54, 1.807) is 0 Å². The third-order valence-electron chi connectivity index (χ3n) is 0.377. The lowest BCUT2D eigenvalue weighted by molar-refractivity contribution is 0.154. The van der Waals surface area contributed by atoms with E-state index in [0.717, 1.165) is 0 Å². The number of hydrogen-bond acceptors (Lipinski definition) is 4. The molecule has 1 aliphatic rings. The second-order valence-corrected chi connectivity index (χ2v) is 0.765. The zero-order chi connectivity index (χ0) is 4.24. The average Bonchev–Trinajstić information content (AvgIpc) is 1.72. The van der Waals surface area contributed by atoms with Crippen LogP contribution in [0.4, 0.5) is 0 Å². The minimum atomic E-state index is 0.448. The molecule has 0 saturated carbocycles. The molecule has 0 radical (unpaired) electrons. The van der Waals surface area contributed by atoms with Crippen LogP contribution in [0.15, 0.2) is 15.6 Å². The largest absolute Gasteiger partial charge is 0.372 e. The van der Waals surface area contributed by atoms with Crippen LogP contribution in [0.3, 0.4) is 0 Å². The van der Waals surface area contributed by atoms with Gasteiger partial charge in [-0.25, -0.2) is 0 Å². The SMILES string of the molecule is C1=NN=NOC1. The van der Waals surface area contributed by atoms with Gasteiger partial charge < -0.3 is 4.84 Å². The Balaban J connectivity index is 2.46. The minimum Gasteiger partial charge on any atom is -0.372 e. The van der Waals surface area contributed by atoms with Crippen molar-refractivity contribution in [3.63, 3.8) is 0 Å². The van der Waals surface area contributed by atoms with E-state index in [1.807, 2.05) is 0 Å². The quantitative estimate of drug-likeness (QED) is 0.419. The summed E-state index contributed by atoms with van der Waals surface area (Å²) in [6.45, 7) is 0.448. The Labute approximate surface area is 34.5 Å². The van der Waals surface area contributed by atoms with E-state index in [-0.39, 0.29) is 0 Å². The van der Waals surface area contributed by atoms with Gasteiger partial charge in [-0.3, -0.25) is 0 Å². The Morgan fingerprint density at radius 2 is 2.67 bits per heavy atom. The Bertz CT molecular complexity index is 74.8. The summed E-state index contributed by atoms with van der Waals surface area (Å²) in [7, 11) is 0. The summed E-state index contributed by atoms with van der Waals surface area (Å²) in [5.41, 5.74) is 0. The molecule has 0 aromatic heterocycles. The normalized spacial score (nSPS) is 17.3. The predicted octanol–water partition coefficient (Wildman–Crippen LogP) is 0.370. The van der Waals surface area contributed by atoms with Crippen LogP contribution in [0.25, 0.3) is 0 Å². The molecule has 4 nitrogen and oxygen atoms in total. The third-order valence-corrected chi connectivity index (χ3v) is 0.377. The Kier molecular flexibility index (Phi) is 0.813. The molecule has 0 atom stereocenters. The number of hydrogen-bond donors (Lipinski definition) is 0. The highest BCUT2D eigenvalue weighted by Crippen LogP contribution is 1.83. The maximum absolute atomic E-state index is 4.38. The second kappa shape index (κ2) is 1.49. The molecule has 1 rings (SSSR count). The predicted molar refractivity (Wildman–Crippen MR) is 19.3 cm³/mol. The van der Waals surface area contributed by atoms with Gasteiger partial charge in [0.2, 0.25) is 0 Å². The average molecular weight is 85.1 g/mol. The van der Waals surface area contributed by atoms with Crippen LogP contribution >= 0.6 is 0 Å². The molecule has 0 saturated heterocycles. The zero-order valence-electron chi connectivity index (χ0n) is 3.03. The first-order valence-corrected chi connectivity index (χ1v) is 1.54. The van der Waals surface area contributed by atoms with E-state index in [4.69, 9.17) is 0 Å². The lowest BCUT2D eigenvalue weighted by atomic mass is 10.8. The number of nitrogens with zero attached hydrogens (tertiary/aromatic N) is 3. The third kappa shape index (κ3) is 0.512. The second-order valence-electron chi connectivity index (χ2n) is 0.765. The first-order chi connectivity index (χ1) is 3.00. The van der Waals surface area contributed by atoms with E-state index in [9.17, 15) is 0 Å². The fraction of sp³-hybridized carbons (Fsp3) is 0.500. The molecule has 0 unspecified atom stereocenters. The molecule has 6 heavy (non-hydrogen) atoms. The van der Waals surface area contributed by atoms with Gasteiger partial charge in [0, 0.05) is 5.28 Å². The topological polar surface area (TPSA) is 46.3 Å². The van der Waals surface area contributed by atoms with Crippen molar-refractivity contribution in [2.45, 2.75) is 0 Å². The Morgan fingerprint density at radius 3 is 2.83 bits per heavy atom. The molecule has 32 valence electrons. The van der Waals surface area contributed by atoms with Crippen molar-refractivity contribution in [2.24, 2.45) is 15.6 Å². The highest BCUT2D eigenvalue weighted by Gasteiger charge is 1.79. The number of rotatable bonds is 0. The van der Waals surface area contributed by atoms with Gasteiger partial charge in [-0.05, 0) is 5.22 Å². The highest BCUT2D eigenvalue weighted by molar-refractivity contribution is 5.58. The maximum Gasteiger partial charge on any atom is 0.156 e. The van der Waals surface area contributed by atoms with Crippen LogP contribution in [-0.2, 0) is 4.84 Å². The summed E-state index contributed by atoms with van der Waals surface area (Å²) < 4.78 is 0. The molecule has 0 amide bonds. The van der Waals surface area contributed by atoms with Gasteiger partial charge in [0.05, 0.1) is 6.21 Å². The standard InChI is InChI=1S/C2H3N3O/c1-2-6-5-4-3-1/h1H,2H2. The highest BCUT2D eigenvalue weighted by atomic mass is 16.6. The van der Waals surface area contributed by atoms with Crippen molar-refractivity contribution in [1.82, 2.24) is 0 Å². The first kappa shape index (κ1) is 3.27. The van der Waals surface area contributed by atoms with Gasteiger partial charge in [0.25, 0.3) is 0 Å². The molecular weight excluding hydrogens is 82.0 g/mol. The van der Waals surface area contributed by atoms with Crippen molar-refractivity contribution in [3.8, 4) is 0 Å². The fourth-order valence-electron chi connectivity index (χ4n) is 0.183. The lowest BCUT2D eigenvalue weighted by Crippen LogP contribution is -1.89. The minimum absolute atomic E-state index is 0.448. The van der Waals surface area contributed by atoms with E-state index in [0.29, 0.717) is 6.61 Å². The maximum atomic E-state index is 4.38. The Morgan fingerprint density at radius 1 is 1.67 bits per heavy atom. The zero-order valence-corrected chi connectivity index (χ0v) is 3.03. The summed E-state index contributed by atoms with van der Waals surface area (Å²) in [6, 6.07) is 0. The molecule has 1 aliphatic heterocycles. The molecule has 0 aromatic carbocycles. The van der Waals surface area contributed by atoms with Crippen LogP contribution in [-0.4, -0.2) is 12.8 Å². The van der Waals surface area contributed by atoms with Gasteiger partial charge >= 0.3 is 0 Å². The Hall–Kier alpha value is -0.930. The smallest absolute Gasteiger partial charge is 0.156 e. The van der Waals surface area contributed by atoms with Crippen molar-refractivity contribution in [2.75, 3.05) is 6.61 Å². The van der Waals surface area contributed by atoms with Crippen molar-refractivity contribution in [1.29, 1.82) is 0 Å². The van der Waals surface area contributed by atoms with E-state index >= 15 is 0 Å². The molecule has 4 heteroatoms. The van der Waals surface area contributed by atoms with Crippen molar-refractivity contribution < 1.29 is 4.84 Å². The van der Waals surface area contributed by atoms with Crippen LogP contribution in [0.5, 0.6) is 0 Å². The summed E-state index contributed by atoms with van der Waals surface area (Å²) in [4.78, 5) is 4.38. The molecule has 0 N–H and O–H groups in total. The van der Waals surface area contributed by atoms with E-state index in [2.05, 4.69) is 20.4 Å². The van der Waals surface area contributed by atoms with Crippen molar-refractivity contribution in [3.05, 3.63) is 0 Å². The summed E-state index contributed by atoms with van der Waals surface area (Å²) in [5, 5.41) is 9.64. The van der Waals surface area contributed by atoms with E-state index in [1.165, 1.54) is 6.21 Å². The van der Waals surface area contributed by atoms with Crippen LogP contribution in [0.2, 0.25) is 0 Å².